The summed E-state index contributed by atoms with van der Waals surface area (Å²) in [5.41, 5.74) is 0.670. The lowest BCUT2D eigenvalue weighted by molar-refractivity contribution is 0.0985. The molecule has 2 heteroatoms. The van der Waals surface area contributed by atoms with Crippen molar-refractivity contribution >= 4 is 16.6 Å². The van der Waals surface area contributed by atoms with Crippen LogP contribution in [0.1, 0.15) is 23.7 Å². The van der Waals surface area contributed by atoms with E-state index < -0.39 is 0 Å². The maximum atomic E-state index is 11.8. The molecular weight excluding hydrogens is 200 g/mol. The van der Waals surface area contributed by atoms with Gasteiger partial charge in [0, 0.05) is 6.42 Å². The lowest BCUT2D eigenvalue weighted by atomic mass is 10.0. The third-order valence-corrected chi connectivity index (χ3v) is 2.69. The first kappa shape index (κ1) is 10.7. The Kier molecular flexibility index (Phi) is 2.91. The number of methoxy groups -OCH3 is 1. The molecule has 0 saturated heterocycles. The van der Waals surface area contributed by atoms with Gasteiger partial charge in [0.25, 0.3) is 0 Å². The van der Waals surface area contributed by atoms with E-state index in [1.165, 1.54) is 0 Å². The summed E-state index contributed by atoms with van der Waals surface area (Å²) < 4.78 is 5.26. The molecule has 2 aromatic rings. The third-order valence-electron chi connectivity index (χ3n) is 2.69. The molecule has 0 aliphatic rings. The number of carbonyl (C=O) groups is 1. The molecule has 0 unspecified atom stereocenters. The Morgan fingerprint density at radius 3 is 2.38 bits per heavy atom. The van der Waals surface area contributed by atoms with E-state index in [1.54, 1.807) is 7.11 Å². The molecule has 0 aliphatic heterocycles. The van der Waals surface area contributed by atoms with Crippen molar-refractivity contribution in [1.29, 1.82) is 0 Å². The van der Waals surface area contributed by atoms with Gasteiger partial charge in [-0.05, 0) is 22.9 Å². The minimum atomic E-state index is 0.114. The smallest absolute Gasteiger partial charge is 0.166 e. The third kappa shape index (κ3) is 1.78. The Morgan fingerprint density at radius 2 is 1.81 bits per heavy atom. The van der Waals surface area contributed by atoms with Crippen LogP contribution in [0.15, 0.2) is 36.4 Å². The van der Waals surface area contributed by atoms with Gasteiger partial charge >= 0.3 is 0 Å². The van der Waals surface area contributed by atoms with Crippen molar-refractivity contribution in [2.24, 2.45) is 0 Å². The zero-order valence-electron chi connectivity index (χ0n) is 9.49. The minimum absolute atomic E-state index is 0.114. The van der Waals surface area contributed by atoms with Crippen molar-refractivity contribution in [3.05, 3.63) is 42.0 Å². The van der Waals surface area contributed by atoms with Crippen molar-refractivity contribution in [1.82, 2.24) is 0 Å². The van der Waals surface area contributed by atoms with Crippen LogP contribution in [0.4, 0.5) is 0 Å². The van der Waals surface area contributed by atoms with E-state index in [0.717, 1.165) is 10.8 Å². The first-order valence-corrected chi connectivity index (χ1v) is 5.36. The highest BCUT2D eigenvalue weighted by Crippen LogP contribution is 2.26. The molecule has 0 heterocycles. The lowest BCUT2D eigenvalue weighted by Crippen LogP contribution is -2.00. The molecule has 2 nitrogen and oxygen atoms in total. The fourth-order valence-electron chi connectivity index (χ4n) is 1.80. The van der Waals surface area contributed by atoms with Crippen LogP contribution in [0.3, 0.4) is 0 Å². The summed E-state index contributed by atoms with van der Waals surface area (Å²) >= 11 is 0. The molecular formula is C14H14O2. The second kappa shape index (κ2) is 4.35. The average molecular weight is 214 g/mol. The first-order chi connectivity index (χ1) is 7.76. The van der Waals surface area contributed by atoms with Crippen LogP contribution in [0.5, 0.6) is 5.75 Å². The van der Waals surface area contributed by atoms with Crippen LogP contribution in [-0.4, -0.2) is 12.9 Å². The number of ether oxygens (including phenoxy) is 1. The van der Waals surface area contributed by atoms with E-state index in [-0.39, 0.29) is 5.78 Å². The van der Waals surface area contributed by atoms with Crippen LogP contribution in [0.2, 0.25) is 0 Å². The summed E-state index contributed by atoms with van der Waals surface area (Å²) in [5.74, 6) is 0.771. The molecule has 0 saturated carbocycles. The highest BCUT2D eigenvalue weighted by atomic mass is 16.5. The summed E-state index contributed by atoms with van der Waals surface area (Å²) in [6, 6.07) is 11.8. The molecule has 0 radical (unpaired) electrons. The summed E-state index contributed by atoms with van der Waals surface area (Å²) in [5, 5.41) is 2.16. The Hall–Kier alpha value is -1.83. The molecule has 0 amide bonds. The summed E-state index contributed by atoms with van der Waals surface area (Å²) in [7, 11) is 1.59. The lowest BCUT2D eigenvalue weighted by Gasteiger charge is -2.08. The zero-order valence-corrected chi connectivity index (χ0v) is 9.49. The van der Waals surface area contributed by atoms with E-state index >= 15 is 0 Å². The fraction of sp³-hybridized carbons (Fsp3) is 0.214. The topological polar surface area (TPSA) is 26.3 Å². The van der Waals surface area contributed by atoms with Crippen LogP contribution in [0, 0.1) is 0 Å². The van der Waals surface area contributed by atoms with Gasteiger partial charge < -0.3 is 4.74 Å². The molecule has 2 aromatic carbocycles. The number of hydrogen-bond donors (Lipinski definition) is 0. The van der Waals surface area contributed by atoms with Gasteiger partial charge in [0.15, 0.2) is 5.78 Å². The number of ketones is 1. The largest absolute Gasteiger partial charge is 0.496 e. The molecule has 0 bridgehead atoms. The SMILES string of the molecule is CCC(=O)c1cc2ccccc2cc1OC. The van der Waals surface area contributed by atoms with E-state index in [4.69, 9.17) is 4.74 Å². The van der Waals surface area contributed by atoms with Gasteiger partial charge in [-0.2, -0.15) is 0 Å². The predicted molar refractivity (Wildman–Crippen MR) is 65.1 cm³/mol. The molecule has 82 valence electrons. The van der Waals surface area contributed by atoms with E-state index in [9.17, 15) is 4.79 Å². The Morgan fingerprint density at radius 1 is 1.19 bits per heavy atom. The molecule has 0 aliphatic carbocycles. The van der Waals surface area contributed by atoms with E-state index in [2.05, 4.69) is 0 Å². The Labute approximate surface area is 94.8 Å². The monoisotopic (exact) mass is 214 g/mol. The predicted octanol–water partition coefficient (Wildman–Crippen LogP) is 3.44. The number of hydrogen-bond acceptors (Lipinski definition) is 2. The molecule has 0 aromatic heterocycles. The molecule has 0 atom stereocenters. The number of Topliss-reactive ketones (excluding diaryl/α,β-unsaturated/α-hetero) is 1. The maximum absolute atomic E-state index is 11.8. The van der Waals surface area contributed by atoms with Gasteiger partial charge in [0.05, 0.1) is 12.7 Å². The van der Waals surface area contributed by atoms with Crippen molar-refractivity contribution in [2.45, 2.75) is 13.3 Å². The molecule has 0 N–H and O–H groups in total. The minimum Gasteiger partial charge on any atom is -0.496 e. The van der Waals surface area contributed by atoms with Crippen molar-refractivity contribution in [2.75, 3.05) is 7.11 Å². The second-order valence-electron chi connectivity index (χ2n) is 3.68. The van der Waals surface area contributed by atoms with E-state index in [1.807, 2.05) is 43.3 Å². The Balaban J connectivity index is 2.67. The quantitative estimate of drug-likeness (QED) is 0.731. The fourth-order valence-corrected chi connectivity index (χ4v) is 1.80. The number of benzene rings is 2. The van der Waals surface area contributed by atoms with Crippen molar-refractivity contribution in [3.8, 4) is 5.75 Å². The standard InChI is InChI=1S/C14H14O2/c1-3-13(15)12-8-10-6-4-5-7-11(10)9-14(12)16-2/h4-9H,3H2,1-2H3. The van der Waals surface area contributed by atoms with Gasteiger partial charge in [0.2, 0.25) is 0 Å². The average Bonchev–Trinajstić information content (AvgIpc) is 2.36. The normalized spacial score (nSPS) is 10.4. The van der Waals surface area contributed by atoms with Crippen LogP contribution >= 0.6 is 0 Å². The second-order valence-corrected chi connectivity index (χ2v) is 3.68. The maximum Gasteiger partial charge on any atom is 0.166 e. The molecule has 0 spiro atoms. The number of fused-ring (bicyclic) bond motifs is 1. The first-order valence-electron chi connectivity index (χ1n) is 5.36. The highest BCUT2D eigenvalue weighted by Gasteiger charge is 2.11. The van der Waals surface area contributed by atoms with Crippen molar-refractivity contribution < 1.29 is 9.53 Å². The number of rotatable bonds is 3. The van der Waals surface area contributed by atoms with Crippen LogP contribution < -0.4 is 4.74 Å². The van der Waals surface area contributed by atoms with E-state index in [0.29, 0.717) is 17.7 Å². The molecule has 16 heavy (non-hydrogen) atoms. The summed E-state index contributed by atoms with van der Waals surface area (Å²) in [6.45, 7) is 1.86. The zero-order chi connectivity index (χ0) is 11.5. The van der Waals surface area contributed by atoms with Gasteiger partial charge in [-0.25, -0.2) is 0 Å². The van der Waals surface area contributed by atoms with Gasteiger partial charge in [-0.1, -0.05) is 31.2 Å². The highest BCUT2D eigenvalue weighted by molar-refractivity contribution is 6.02. The molecule has 2 rings (SSSR count). The molecule has 0 fully saturated rings. The summed E-state index contributed by atoms with van der Waals surface area (Å²) in [4.78, 5) is 11.8. The van der Waals surface area contributed by atoms with Crippen molar-refractivity contribution in [3.63, 3.8) is 0 Å². The van der Waals surface area contributed by atoms with Crippen LogP contribution in [0.25, 0.3) is 10.8 Å². The number of carbonyl (C=O) groups excluding carboxylic acids is 1. The summed E-state index contributed by atoms with van der Waals surface area (Å²) in [6.07, 6.45) is 0.495. The van der Waals surface area contributed by atoms with Gasteiger partial charge in [0.1, 0.15) is 5.75 Å². The van der Waals surface area contributed by atoms with Gasteiger partial charge in [-0.3, -0.25) is 4.79 Å². The van der Waals surface area contributed by atoms with Crippen LogP contribution in [-0.2, 0) is 0 Å². The van der Waals surface area contributed by atoms with Gasteiger partial charge in [-0.15, -0.1) is 0 Å². The Bertz CT molecular complexity index is 529.